The maximum atomic E-state index is 12.7. The molecule has 1 aliphatic heterocycles. The van der Waals surface area contributed by atoms with Crippen LogP contribution in [-0.2, 0) is 0 Å². The summed E-state index contributed by atoms with van der Waals surface area (Å²) in [5, 5.41) is 1.05. The van der Waals surface area contributed by atoms with Gasteiger partial charge in [-0.15, -0.1) is 0 Å². The number of piperazine rings is 1. The van der Waals surface area contributed by atoms with Crippen molar-refractivity contribution in [2.45, 2.75) is 13.8 Å². The van der Waals surface area contributed by atoms with Crippen molar-refractivity contribution < 1.29 is 9.53 Å². The Morgan fingerprint density at radius 3 is 2.30 bits per heavy atom. The van der Waals surface area contributed by atoms with Crippen LogP contribution >= 0.6 is 11.3 Å². The molecule has 1 aliphatic rings. The van der Waals surface area contributed by atoms with Gasteiger partial charge in [0.2, 0.25) is 0 Å². The molecule has 3 aromatic rings. The third-order valence-electron chi connectivity index (χ3n) is 5.11. The SMILES string of the molecule is COc1ccc(C(=O)N2CCN(c3nc4c(C)ccc(C)c4s3)CC2)cc1. The molecule has 0 spiro atoms. The van der Waals surface area contributed by atoms with Crippen LogP contribution < -0.4 is 9.64 Å². The first-order valence-electron chi connectivity index (χ1n) is 9.12. The average molecular weight is 382 g/mol. The number of hydrogen-bond donors (Lipinski definition) is 0. The first kappa shape index (κ1) is 17.8. The lowest BCUT2D eigenvalue weighted by molar-refractivity contribution is 0.0746. The van der Waals surface area contributed by atoms with Crippen LogP contribution in [0.4, 0.5) is 5.13 Å². The van der Waals surface area contributed by atoms with Crippen LogP contribution in [0.25, 0.3) is 10.2 Å². The van der Waals surface area contributed by atoms with Crippen molar-refractivity contribution >= 4 is 32.6 Å². The van der Waals surface area contributed by atoms with E-state index in [4.69, 9.17) is 9.72 Å². The van der Waals surface area contributed by atoms with E-state index < -0.39 is 0 Å². The van der Waals surface area contributed by atoms with Gasteiger partial charge in [0.05, 0.1) is 17.3 Å². The highest BCUT2D eigenvalue weighted by Gasteiger charge is 2.24. The van der Waals surface area contributed by atoms with Crippen LogP contribution in [-0.4, -0.2) is 49.1 Å². The molecule has 0 unspecified atom stereocenters. The Hall–Kier alpha value is -2.60. The summed E-state index contributed by atoms with van der Waals surface area (Å²) in [6.45, 7) is 7.27. The first-order valence-corrected chi connectivity index (χ1v) is 9.93. The predicted octanol–water partition coefficient (Wildman–Crippen LogP) is 3.88. The molecule has 1 aromatic heterocycles. The summed E-state index contributed by atoms with van der Waals surface area (Å²) < 4.78 is 6.43. The highest BCUT2D eigenvalue weighted by molar-refractivity contribution is 7.22. The number of carbonyl (C=O) groups excluding carboxylic acids is 1. The van der Waals surface area contributed by atoms with Crippen LogP contribution in [0.3, 0.4) is 0 Å². The number of aromatic nitrogens is 1. The molecule has 140 valence electrons. The van der Waals surface area contributed by atoms with E-state index in [0.717, 1.165) is 29.5 Å². The Labute approximate surface area is 163 Å². The zero-order valence-corrected chi connectivity index (χ0v) is 16.7. The number of hydrogen-bond acceptors (Lipinski definition) is 5. The Balaban J connectivity index is 1.46. The van der Waals surface area contributed by atoms with E-state index in [9.17, 15) is 4.79 Å². The van der Waals surface area contributed by atoms with Crippen molar-refractivity contribution in [2.75, 3.05) is 38.2 Å². The molecule has 6 heteroatoms. The summed E-state index contributed by atoms with van der Waals surface area (Å²) in [6.07, 6.45) is 0. The van der Waals surface area contributed by atoms with Gasteiger partial charge >= 0.3 is 0 Å². The molecule has 1 amide bonds. The van der Waals surface area contributed by atoms with Crippen molar-refractivity contribution in [1.29, 1.82) is 0 Å². The van der Waals surface area contributed by atoms with Crippen LogP contribution in [0, 0.1) is 13.8 Å². The molecule has 0 bridgehead atoms. The van der Waals surface area contributed by atoms with Crippen molar-refractivity contribution in [3.05, 3.63) is 53.1 Å². The summed E-state index contributed by atoms with van der Waals surface area (Å²) in [7, 11) is 1.63. The van der Waals surface area contributed by atoms with Gasteiger partial charge in [-0.05, 0) is 49.2 Å². The Kier molecular flexibility index (Phi) is 4.74. The van der Waals surface area contributed by atoms with Crippen molar-refractivity contribution in [3.8, 4) is 5.75 Å². The molecule has 5 nitrogen and oxygen atoms in total. The molecule has 0 aliphatic carbocycles. The minimum Gasteiger partial charge on any atom is -0.497 e. The normalized spacial score (nSPS) is 14.6. The number of rotatable bonds is 3. The van der Waals surface area contributed by atoms with E-state index in [-0.39, 0.29) is 5.91 Å². The van der Waals surface area contributed by atoms with Gasteiger partial charge in [0.15, 0.2) is 5.13 Å². The van der Waals surface area contributed by atoms with Crippen LogP contribution in [0.5, 0.6) is 5.75 Å². The zero-order valence-electron chi connectivity index (χ0n) is 15.9. The van der Waals surface area contributed by atoms with Gasteiger partial charge in [-0.2, -0.15) is 0 Å². The molecule has 2 aromatic carbocycles. The van der Waals surface area contributed by atoms with E-state index in [1.165, 1.54) is 15.8 Å². The number of carbonyl (C=O) groups is 1. The lowest BCUT2D eigenvalue weighted by atomic mass is 10.1. The van der Waals surface area contributed by atoms with Crippen LogP contribution in [0.2, 0.25) is 0 Å². The molecule has 1 fully saturated rings. The third-order valence-corrected chi connectivity index (χ3v) is 6.36. The summed E-state index contributed by atoms with van der Waals surface area (Å²) in [6, 6.07) is 11.6. The standard InChI is InChI=1S/C21H23N3O2S/c1-14-4-5-15(2)19-18(14)22-21(27-19)24-12-10-23(11-13-24)20(25)16-6-8-17(26-3)9-7-16/h4-9H,10-13H2,1-3H3. The average Bonchev–Trinajstić information content (AvgIpc) is 3.17. The fourth-order valence-corrected chi connectivity index (χ4v) is 4.56. The molecule has 0 N–H and O–H groups in total. The van der Waals surface area contributed by atoms with Gasteiger partial charge in [0.1, 0.15) is 5.75 Å². The fourth-order valence-electron chi connectivity index (χ4n) is 3.40. The van der Waals surface area contributed by atoms with Crippen LogP contribution in [0.15, 0.2) is 36.4 Å². The second kappa shape index (κ2) is 7.19. The van der Waals surface area contributed by atoms with Gasteiger partial charge in [0, 0.05) is 31.7 Å². The minimum atomic E-state index is 0.0771. The lowest BCUT2D eigenvalue weighted by Crippen LogP contribution is -2.48. The molecule has 2 heterocycles. The first-order chi connectivity index (χ1) is 13.1. The number of anilines is 1. The second-order valence-electron chi connectivity index (χ2n) is 6.88. The quantitative estimate of drug-likeness (QED) is 0.691. The molecule has 0 saturated carbocycles. The van der Waals surface area contributed by atoms with Gasteiger partial charge in [0.25, 0.3) is 5.91 Å². The van der Waals surface area contributed by atoms with E-state index in [1.807, 2.05) is 29.2 Å². The number of aryl methyl sites for hydroxylation is 2. The maximum Gasteiger partial charge on any atom is 0.253 e. The zero-order chi connectivity index (χ0) is 19.0. The number of ether oxygens (including phenoxy) is 1. The van der Waals surface area contributed by atoms with Crippen LogP contribution in [0.1, 0.15) is 21.5 Å². The third kappa shape index (κ3) is 3.37. The highest BCUT2D eigenvalue weighted by Crippen LogP contribution is 2.33. The molecule has 4 rings (SSSR count). The number of amides is 1. The molecule has 1 saturated heterocycles. The number of nitrogens with zero attached hydrogens (tertiary/aromatic N) is 3. The van der Waals surface area contributed by atoms with Crippen molar-refractivity contribution in [2.24, 2.45) is 0 Å². The largest absolute Gasteiger partial charge is 0.497 e. The Morgan fingerprint density at radius 1 is 1.00 bits per heavy atom. The number of methoxy groups -OCH3 is 1. The molecule has 0 atom stereocenters. The number of benzene rings is 2. The monoisotopic (exact) mass is 381 g/mol. The van der Waals surface area contributed by atoms with Gasteiger partial charge < -0.3 is 14.5 Å². The predicted molar refractivity (Wildman–Crippen MR) is 110 cm³/mol. The van der Waals surface area contributed by atoms with Gasteiger partial charge in [-0.25, -0.2) is 4.98 Å². The Bertz CT molecular complexity index is 934. The van der Waals surface area contributed by atoms with E-state index in [1.54, 1.807) is 18.4 Å². The van der Waals surface area contributed by atoms with E-state index in [2.05, 4.69) is 30.9 Å². The summed E-state index contributed by atoms with van der Waals surface area (Å²) in [5.74, 6) is 0.839. The molecule has 0 radical (unpaired) electrons. The smallest absolute Gasteiger partial charge is 0.253 e. The summed E-state index contributed by atoms with van der Waals surface area (Å²) in [5.41, 5.74) is 4.29. The second-order valence-corrected chi connectivity index (χ2v) is 7.86. The molecular formula is C21H23N3O2S. The number of thiazole rings is 1. The van der Waals surface area contributed by atoms with Gasteiger partial charge in [-0.3, -0.25) is 4.79 Å². The fraction of sp³-hybridized carbons (Fsp3) is 0.333. The van der Waals surface area contributed by atoms with Gasteiger partial charge in [-0.1, -0.05) is 23.5 Å². The van der Waals surface area contributed by atoms with Crippen molar-refractivity contribution in [3.63, 3.8) is 0 Å². The van der Waals surface area contributed by atoms with Crippen molar-refractivity contribution in [1.82, 2.24) is 9.88 Å². The lowest BCUT2D eigenvalue weighted by Gasteiger charge is -2.34. The Morgan fingerprint density at radius 2 is 1.67 bits per heavy atom. The molecular weight excluding hydrogens is 358 g/mol. The summed E-state index contributed by atoms with van der Waals surface area (Å²) in [4.78, 5) is 21.8. The molecule has 27 heavy (non-hydrogen) atoms. The van der Waals surface area contributed by atoms with E-state index in [0.29, 0.717) is 18.7 Å². The minimum absolute atomic E-state index is 0.0771. The topological polar surface area (TPSA) is 45.7 Å². The number of fused-ring (bicyclic) bond motifs is 1. The van der Waals surface area contributed by atoms with E-state index >= 15 is 0 Å². The highest BCUT2D eigenvalue weighted by atomic mass is 32.1. The maximum absolute atomic E-state index is 12.7. The summed E-state index contributed by atoms with van der Waals surface area (Å²) >= 11 is 1.75.